The van der Waals surface area contributed by atoms with E-state index >= 15 is 0 Å². The van der Waals surface area contributed by atoms with Crippen LogP contribution in [0.2, 0.25) is 0 Å². The number of nitrogens with one attached hydrogen (secondary N) is 1. The Kier molecular flexibility index (Phi) is 5.06. The van der Waals surface area contributed by atoms with E-state index in [2.05, 4.69) is 10.6 Å². The van der Waals surface area contributed by atoms with E-state index in [-0.39, 0.29) is 19.5 Å². The summed E-state index contributed by atoms with van der Waals surface area (Å²) in [6.45, 7) is 4.19. The molecule has 1 aliphatic heterocycles. The van der Waals surface area contributed by atoms with Crippen LogP contribution in [0.15, 0.2) is 0 Å². The molecule has 0 aliphatic carbocycles. The minimum absolute atomic E-state index is 0. The van der Waals surface area contributed by atoms with Gasteiger partial charge in [-0.25, -0.2) is 0 Å². The molecule has 3 heteroatoms. The first-order chi connectivity index (χ1) is 3.00. The predicted octanol–water partition coefficient (Wildman–Crippen LogP) is -0.0392. The van der Waals surface area contributed by atoms with Gasteiger partial charge in [0.05, 0.1) is 0 Å². The maximum atomic E-state index is 4.11. The average molecular weight is 151 g/mol. The van der Waals surface area contributed by atoms with Crippen LogP contribution in [0.4, 0.5) is 0 Å². The Hall–Kier alpha value is 0.543. The maximum Gasteiger partial charge on any atom is 0 e. The largest absolute Gasteiger partial charge is 0.660 e. The van der Waals surface area contributed by atoms with E-state index < -0.39 is 0 Å². The summed E-state index contributed by atoms with van der Waals surface area (Å²) in [5, 5.41) is 7.31. The van der Waals surface area contributed by atoms with E-state index in [1.807, 2.05) is 0 Å². The second-order valence-electron chi connectivity index (χ2n) is 1.42. The van der Waals surface area contributed by atoms with Gasteiger partial charge in [0.1, 0.15) is 0 Å². The molecule has 2 nitrogen and oxygen atoms in total. The number of nitrogens with zero attached hydrogens (tertiary/aromatic N) is 1. The van der Waals surface area contributed by atoms with Gasteiger partial charge in [0, 0.05) is 19.5 Å². The SMILES string of the molecule is C1CNCC[N-]1.[Zn]. The average Bonchev–Trinajstić information content (AvgIpc) is 1.72. The van der Waals surface area contributed by atoms with Crippen molar-refractivity contribution in [2.45, 2.75) is 0 Å². The van der Waals surface area contributed by atoms with Gasteiger partial charge in [-0.15, -0.1) is 13.1 Å². The van der Waals surface area contributed by atoms with Crippen molar-refractivity contribution in [1.82, 2.24) is 5.32 Å². The fourth-order valence-corrected chi connectivity index (χ4v) is 0.553. The van der Waals surface area contributed by atoms with Crippen LogP contribution in [-0.2, 0) is 19.5 Å². The molecular formula is C4H9N2Zn-. The Morgan fingerprint density at radius 1 is 1.14 bits per heavy atom. The molecule has 0 atom stereocenters. The number of piperazine rings is 1. The van der Waals surface area contributed by atoms with E-state index in [9.17, 15) is 0 Å². The first kappa shape index (κ1) is 7.54. The van der Waals surface area contributed by atoms with Crippen molar-refractivity contribution in [3.8, 4) is 0 Å². The molecule has 38 valence electrons. The third kappa shape index (κ3) is 3.15. The number of rotatable bonds is 0. The molecule has 0 spiro atoms. The number of hydrogen-bond acceptors (Lipinski definition) is 1. The summed E-state index contributed by atoms with van der Waals surface area (Å²) in [5.74, 6) is 0. The maximum absolute atomic E-state index is 4.11. The molecule has 0 amide bonds. The Morgan fingerprint density at radius 3 is 1.86 bits per heavy atom. The molecule has 1 fully saturated rings. The molecule has 1 N–H and O–H groups in total. The zero-order valence-electron chi connectivity index (χ0n) is 4.48. The Labute approximate surface area is 56.8 Å². The molecule has 0 radical (unpaired) electrons. The van der Waals surface area contributed by atoms with Crippen molar-refractivity contribution in [3.05, 3.63) is 5.32 Å². The third-order valence-corrected chi connectivity index (χ3v) is 0.893. The van der Waals surface area contributed by atoms with Gasteiger partial charge < -0.3 is 10.6 Å². The molecule has 1 rings (SSSR count). The fourth-order valence-electron chi connectivity index (χ4n) is 0.553. The summed E-state index contributed by atoms with van der Waals surface area (Å²) in [7, 11) is 0. The molecule has 0 bridgehead atoms. The van der Waals surface area contributed by atoms with Gasteiger partial charge in [0.25, 0.3) is 0 Å². The summed E-state index contributed by atoms with van der Waals surface area (Å²) >= 11 is 0. The summed E-state index contributed by atoms with van der Waals surface area (Å²) in [6, 6.07) is 0. The molecule has 7 heavy (non-hydrogen) atoms. The summed E-state index contributed by atoms with van der Waals surface area (Å²) in [4.78, 5) is 0. The van der Waals surface area contributed by atoms with Crippen molar-refractivity contribution < 1.29 is 19.5 Å². The standard InChI is InChI=1S/C4H9N2.Zn/c1-2-6-4-3-5-1;/h5H,1-4H2;/q-1;. The molecule has 1 saturated heterocycles. The van der Waals surface area contributed by atoms with Crippen LogP contribution in [0.1, 0.15) is 0 Å². The zero-order chi connectivity index (χ0) is 4.24. The van der Waals surface area contributed by atoms with Crippen LogP contribution in [0.3, 0.4) is 0 Å². The quantitative estimate of drug-likeness (QED) is 0.482. The van der Waals surface area contributed by atoms with Gasteiger partial charge in [0.2, 0.25) is 0 Å². The molecule has 0 aromatic rings. The van der Waals surface area contributed by atoms with Crippen molar-refractivity contribution in [2.24, 2.45) is 0 Å². The Morgan fingerprint density at radius 2 is 1.71 bits per heavy atom. The second kappa shape index (κ2) is 4.70. The van der Waals surface area contributed by atoms with E-state index in [0.29, 0.717) is 0 Å². The van der Waals surface area contributed by atoms with Crippen LogP contribution in [-0.4, -0.2) is 26.2 Å². The van der Waals surface area contributed by atoms with Crippen molar-refractivity contribution in [2.75, 3.05) is 26.2 Å². The molecule has 0 unspecified atom stereocenters. The first-order valence-corrected chi connectivity index (χ1v) is 2.34. The van der Waals surface area contributed by atoms with Crippen LogP contribution in [0.25, 0.3) is 5.32 Å². The fraction of sp³-hybridized carbons (Fsp3) is 1.00. The first-order valence-electron chi connectivity index (χ1n) is 2.34. The minimum Gasteiger partial charge on any atom is -0.660 e. The summed E-state index contributed by atoms with van der Waals surface area (Å²) in [5.41, 5.74) is 0. The third-order valence-electron chi connectivity index (χ3n) is 0.893. The van der Waals surface area contributed by atoms with Crippen molar-refractivity contribution in [1.29, 1.82) is 0 Å². The Bertz CT molecular complexity index is 25.2. The topological polar surface area (TPSA) is 26.1 Å². The summed E-state index contributed by atoms with van der Waals surface area (Å²) < 4.78 is 0. The molecule has 1 heterocycles. The number of hydrogen-bond donors (Lipinski definition) is 1. The van der Waals surface area contributed by atoms with E-state index in [1.54, 1.807) is 0 Å². The van der Waals surface area contributed by atoms with Crippen LogP contribution in [0, 0.1) is 0 Å². The van der Waals surface area contributed by atoms with Gasteiger partial charge in [-0.2, -0.15) is 0 Å². The van der Waals surface area contributed by atoms with Crippen LogP contribution >= 0.6 is 0 Å². The Balaban J connectivity index is 0.000000360. The van der Waals surface area contributed by atoms with Gasteiger partial charge in [-0.3, -0.25) is 0 Å². The molecule has 1 aliphatic rings. The van der Waals surface area contributed by atoms with E-state index in [1.165, 1.54) is 0 Å². The van der Waals surface area contributed by atoms with Crippen LogP contribution in [0.5, 0.6) is 0 Å². The molecular weight excluding hydrogens is 141 g/mol. The minimum atomic E-state index is 0. The van der Waals surface area contributed by atoms with Crippen molar-refractivity contribution >= 4 is 0 Å². The normalized spacial score (nSPS) is 20.6. The molecule has 0 aromatic heterocycles. The van der Waals surface area contributed by atoms with E-state index in [0.717, 1.165) is 26.2 Å². The predicted molar refractivity (Wildman–Crippen MR) is 26.0 cm³/mol. The molecule has 0 aromatic carbocycles. The second-order valence-corrected chi connectivity index (χ2v) is 1.42. The van der Waals surface area contributed by atoms with Gasteiger partial charge >= 0.3 is 0 Å². The van der Waals surface area contributed by atoms with E-state index in [4.69, 9.17) is 0 Å². The summed E-state index contributed by atoms with van der Waals surface area (Å²) in [6.07, 6.45) is 0. The van der Waals surface area contributed by atoms with Crippen molar-refractivity contribution in [3.63, 3.8) is 0 Å². The monoisotopic (exact) mass is 149 g/mol. The smallest absolute Gasteiger partial charge is 0 e. The van der Waals surface area contributed by atoms with Gasteiger partial charge in [0.15, 0.2) is 0 Å². The van der Waals surface area contributed by atoms with Gasteiger partial charge in [-0.05, 0) is 13.1 Å². The zero-order valence-corrected chi connectivity index (χ0v) is 7.45. The molecule has 0 saturated carbocycles. The van der Waals surface area contributed by atoms with Gasteiger partial charge in [-0.1, -0.05) is 0 Å². The van der Waals surface area contributed by atoms with Crippen LogP contribution < -0.4 is 5.32 Å².